The van der Waals surface area contributed by atoms with Crippen LogP contribution in [0, 0.1) is 0 Å². The zero-order valence-corrected chi connectivity index (χ0v) is 14.5. The Morgan fingerprint density at radius 1 is 1.24 bits per heavy atom. The number of aromatic nitrogens is 1. The Hall–Kier alpha value is -2.94. The summed E-state index contributed by atoms with van der Waals surface area (Å²) in [7, 11) is 3.09. The molecule has 1 amide bonds. The van der Waals surface area contributed by atoms with Crippen molar-refractivity contribution in [3.8, 4) is 5.75 Å². The molecular formula is C16H17N3O5S. The molecule has 2 aromatic rings. The first-order valence-corrected chi connectivity index (χ1v) is 8.08. The predicted octanol–water partition coefficient (Wildman–Crippen LogP) is 1.46. The summed E-state index contributed by atoms with van der Waals surface area (Å²) in [5, 5.41) is 0.583. The molecule has 0 aliphatic heterocycles. The minimum atomic E-state index is -0.558. The van der Waals surface area contributed by atoms with Crippen molar-refractivity contribution in [3.05, 3.63) is 40.9 Å². The van der Waals surface area contributed by atoms with Crippen LogP contribution in [0.25, 0.3) is 0 Å². The molecule has 0 aliphatic carbocycles. The van der Waals surface area contributed by atoms with Gasteiger partial charge in [-0.3, -0.25) is 9.59 Å². The Labute approximate surface area is 148 Å². The predicted molar refractivity (Wildman–Crippen MR) is 91.9 cm³/mol. The summed E-state index contributed by atoms with van der Waals surface area (Å²) in [5.74, 6) is -1.14. The van der Waals surface area contributed by atoms with Crippen LogP contribution in [0.5, 0.6) is 5.75 Å². The second kappa shape index (κ2) is 8.25. The van der Waals surface area contributed by atoms with Gasteiger partial charge in [0.2, 0.25) is 5.91 Å². The van der Waals surface area contributed by atoms with Crippen LogP contribution < -0.4 is 15.4 Å². The number of thiazole rings is 1. The van der Waals surface area contributed by atoms with Gasteiger partial charge in [-0.2, -0.15) is 0 Å². The minimum absolute atomic E-state index is 0.221. The Morgan fingerprint density at radius 3 is 2.52 bits per heavy atom. The molecule has 8 nitrogen and oxygen atoms in total. The van der Waals surface area contributed by atoms with Crippen LogP contribution in [0.3, 0.4) is 0 Å². The number of ether oxygens (including phenoxy) is 2. The van der Waals surface area contributed by atoms with Gasteiger partial charge in [-0.1, -0.05) is 11.3 Å². The van der Waals surface area contributed by atoms with E-state index in [1.807, 2.05) is 0 Å². The molecule has 25 heavy (non-hydrogen) atoms. The van der Waals surface area contributed by atoms with Gasteiger partial charge in [0.15, 0.2) is 5.13 Å². The lowest BCUT2D eigenvalue weighted by molar-refractivity contribution is -0.140. The molecule has 132 valence electrons. The molecule has 0 unspecified atom stereocenters. The largest absolute Gasteiger partial charge is 0.469 e. The lowest BCUT2D eigenvalue weighted by Gasteiger charge is -2.14. The second-order valence-electron chi connectivity index (χ2n) is 5.03. The van der Waals surface area contributed by atoms with Crippen LogP contribution in [0.4, 0.5) is 5.13 Å². The number of nitrogens with zero attached hydrogens (tertiary/aromatic N) is 2. The number of anilines is 1. The van der Waals surface area contributed by atoms with E-state index < -0.39 is 11.9 Å². The number of methoxy groups -OCH3 is 1. The van der Waals surface area contributed by atoms with E-state index in [0.29, 0.717) is 27.9 Å². The van der Waals surface area contributed by atoms with Crippen molar-refractivity contribution in [1.29, 1.82) is 0 Å². The molecule has 0 spiro atoms. The van der Waals surface area contributed by atoms with Crippen molar-refractivity contribution in [2.75, 3.05) is 25.6 Å². The van der Waals surface area contributed by atoms with Crippen LogP contribution in [-0.2, 0) is 9.53 Å². The SMILES string of the molecule is COC(=O)CCN(C)c1ncc(C(=O)Oc2ccc(C(N)=O)cc2)s1. The molecule has 0 aliphatic rings. The van der Waals surface area contributed by atoms with E-state index >= 15 is 0 Å². The third-order valence-corrected chi connectivity index (χ3v) is 4.34. The first-order chi connectivity index (χ1) is 11.9. The number of amides is 1. The zero-order chi connectivity index (χ0) is 18.4. The Kier molecular flexibility index (Phi) is 6.07. The quantitative estimate of drug-likeness (QED) is 0.585. The van der Waals surface area contributed by atoms with Gasteiger partial charge in [-0.05, 0) is 24.3 Å². The molecule has 1 aromatic carbocycles. The average molecular weight is 363 g/mol. The van der Waals surface area contributed by atoms with Crippen molar-refractivity contribution in [1.82, 2.24) is 4.98 Å². The van der Waals surface area contributed by atoms with Crippen LogP contribution in [-0.4, -0.2) is 43.5 Å². The number of esters is 2. The fraction of sp³-hybridized carbons (Fsp3) is 0.250. The summed E-state index contributed by atoms with van der Waals surface area (Å²) >= 11 is 1.15. The molecule has 0 atom stereocenters. The fourth-order valence-corrected chi connectivity index (χ4v) is 2.62. The molecular weight excluding hydrogens is 346 g/mol. The van der Waals surface area contributed by atoms with Gasteiger partial charge in [0.25, 0.3) is 0 Å². The highest BCUT2D eigenvalue weighted by atomic mass is 32.1. The Bertz CT molecular complexity index is 772. The van der Waals surface area contributed by atoms with E-state index in [1.165, 1.54) is 37.6 Å². The zero-order valence-electron chi connectivity index (χ0n) is 13.7. The van der Waals surface area contributed by atoms with Crippen molar-refractivity contribution in [2.45, 2.75) is 6.42 Å². The van der Waals surface area contributed by atoms with E-state index in [2.05, 4.69) is 9.72 Å². The molecule has 0 fully saturated rings. The maximum Gasteiger partial charge on any atom is 0.355 e. The van der Waals surface area contributed by atoms with Gasteiger partial charge < -0.3 is 20.1 Å². The number of rotatable bonds is 7. The highest BCUT2D eigenvalue weighted by molar-refractivity contribution is 7.17. The number of hydrogen-bond donors (Lipinski definition) is 1. The van der Waals surface area contributed by atoms with Crippen molar-refractivity contribution < 1.29 is 23.9 Å². The van der Waals surface area contributed by atoms with Crippen molar-refractivity contribution in [3.63, 3.8) is 0 Å². The van der Waals surface area contributed by atoms with Gasteiger partial charge in [0, 0.05) is 19.2 Å². The van der Waals surface area contributed by atoms with Crippen LogP contribution >= 0.6 is 11.3 Å². The van der Waals surface area contributed by atoms with E-state index in [1.54, 1.807) is 11.9 Å². The summed E-state index contributed by atoms with van der Waals surface area (Å²) in [6, 6.07) is 5.93. The summed E-state index contributed by atoms with van der Waals surface area (Å²) in [5.41, 5.74) is 5.48. The molecule has 2 N–H and O–H groups in total. The van der Waals surface area contributed by atoms with Gasteiger partial charge in [0.05, 0.1) is 19.7 Å². The highest BCUT2D eigenvalue weighted by Crippen LogP contribution is 2.23. The summed E-state index contributed by atoms with van der Waals surface area (Å²) in [6.07, 6.45) is 1.63. The number of hydrogen-bond acceptors (Lipinski definition) is 8. The number of benzene rings is 1. The molecule has 0 bridgehead atoms. The number of primary amides is 1. The number of nitrogens with two attached hydrogens (primary N) is 1. The molecule has 9 heteroatoms. The third-order valence-electron chi connectivity index (χ3n) is 3.25. The normalized spacial score (nSPS) is 10.2. The Balaban J connectivity index is 1.97. The van der Waals surface area contributed by atoms with Crippen molar-refractivity contribution >= 4 is 34.3 Å². The summed E-state index contributed by atoms with van der Waals surface area (Å²) in [4.78, 5) is 40.5. The minimum Gasteiger partial charge on any atom is -0.469 e. The van der Waals surface area contributed by atoms with Crippen LogP contribution in [0.1, 0.15) is 26.5 Å². The molecule has 0 saturated carbocycles. The van der Waals surface area contributed by atoms with Gasteiger partial charge >= 0.3 is 11.9 Å². The monoisotopic (exact) mass is 363 g/mol. The van der Waals surface area contributed by atoms with Crippen LogP contribution in [0.15, 0.2) is 30.5 Å². The van der Waals surface area contributed by atoms with E-state index in [9.17, 15) is 14.4 Å². The summed E-state index contributed by atoms with van der Waals surface area (Å²) in [6.45, 7) is 0.420. The van der Waals surface area contributed by atoms with Gasteiger partial charge in [-0.15, -0.1) is 0 Å². The van der Waals surface area contributed by atoms with Gasteiger partial charge in [0.1, 0.15) is 10.6 Å². The van der Waals surface area contributed by atoms with Crippen molar-refractivity contribution in [2.24, 2.45) is 5.73 Å². The smallest absolute Gasteiger partial charge is 0.355 e. The topological polar surface area (TPSA) is 112 Å². The van der Waals surface area contributed by atoms with E-state index in [4.69, 9.17) is 10.5 Å². The maximum atomic E-state index is 12.1. The molecule has 0 radical (unpaired) electrons. The molecule has 2 rings (SSSR count). The average Bonchev–Trinajstić information content (AvgIpc) is 3.10. The lowest BCUT2D eigenvalue weighted by Crippen LogP contribution is -2.21. The number of carbonyl (C=O) groups excluding carboxylic acids is 3. The standard InChI is InChI=1S/C16H17N3O5S/c1-19(8-7-13(20)23-2)16-18-9-12(25-16)15(22)24-11-5-3-10(4-6-11)14(17)21/h3-6,9H,7-8H2,1-2H3,(H2,17,21). The van der Waals surface area contributed by atoms with Crippen LogP contribution in [0.2, 0.25) is 0 Å². The third kappa shape index (κ3) is 5.01. The first-order valence-electron chi connectivity index (χ1n) is 7.26. The lowest BCUT2D eigenvalue weighted by atomic mass is 10.2. The van der Waals surface area contributed by atoms with E-state index in [-0.39, 0.29) is 12.4 Å². The molecule has 1 aromatic heterocycles. The molecule has 1 heterocycles. The fourth-order valence-electron chi connectivity index (χ4n) is 1.84. The maximum absolute atomic E-state index is 12.1. The molecule has 0 saturated heterocycles. The number of carbonyl (C=O) groups is 3. The second-order valence-corrected chi connectivity index (χ2v) is 6.04. The van der Waals surface area contributed by atoms with Gasteiger partial charge in [-0.25, -0.2) is 9.78 Å². The highest BCUT2D eigenvalue weighted by Gasteiger charge is 2.16. The van der Waals surface area contributed by atoms with E-state index in [0.717, 1.165) is 11.3 Å². The summed E-state index contributed by atoms with van der Waals surface area (Å²) < 4.78 is 9.81. The first kappa shape index (κ1) is 18.4. The Morgan fingerprint density at radius 2 is 1.92 bits per heavy atom.